The minimum absolute atomic E-state index is 0.269. The maximum atomic E-state index is 13.5. The predicted octanol–water partition coefficient (Wildman–Crippen LogP) is 2.04. The molecule has 4 nitrogen and oxygen atoms in total. The van der Waals surface area contributed by atoms with Crippen molar-refractivity contribution in [2.45, 2.75) is 25.3 Å². The van der Waals surface area contributed by atoms with E-state index in [1.165, 1.54) is 7.11 Å². The summed E-state index contributed by atoms with van der Waals surface area (Å²) >= 11 is 0. The summed E-state index contributed by atoms with van der Waals surface area (Å²) in [6.07, 6.45) is 6.32. The second-order valence-corrected chi connectivity index (χ2v) is 4.27. The van der Waals surface area contributed by atoms with E-state index in [1.54, 1.807) is 0 Å². The minimum Gasteiger partial charge on any atom is -0.467 e. The molecule has 0 radical (unpaired) electrons. The fourth-order valence-corrected chi connectivity index (χ4v) is 1.71. The first-order valence-electron chi connectivity index (χ1n) is 6.26. The molecule has 1 N–H and O–H groups in total. The van der Waals surface area contributed by atoms with E-state index < -0.39 is 29.6 Å². The van der Waals surface area contributed by atoms with Crippen LogP contribution in [0.5, 0.6) is 0 Å². The fraction of sp³-hybridized carbons (Fsp3) is 0.333. The number of benzene rings is 1. The summed E-state index contributed by atoms with van der Waals surface area (Å²) in [6.45, 7) is 0. The van der Waals surface area contributed by atoms with Gasteiger partial charge in [0.25, 0.3) is 5.91 Å². The van der Waals surface area contributed by atoms with Crippen LogP contribution in [0.15, 0.2) is 18.2 Å². The predicted molar refractivity (Wildman–Crippen MR) is 72.3 cm³/mol. The van der Waals surface area contributed by atoms with Crippen LogP contribution in [0.4, 0.5) is 8.78 Å². The van der Waals surface area contributed by atoms with Gasteiger partial charge in [0.05, 0.1) is 12.7 Å². The number of terminal acetylenes is 1. The SMILES string of the molecule is C#CCCC[C@H](NC(=O)c1ccc(F)cc1F)C(=O)OC. The highest BCUT2D eigenvalue weighted by Crippen LogP contribution is 2.11. The maximum Gasteiger partial charge on any atom is 0.328 e. The van der Waals surface area contributed by atoms with Gasteiger partial charge in [0, 0.05) is 12.5 Å². The quantitative estimate of drug-likeness (QED) is 0.496. The molecule has 0 heterocycles. The standard InChI is InChI=1S/C15H15F2NO3/c1-3-4-5-6-13(15(20)21-2)18-14(19)11-8-7-10(16)9-12(11)17/h1,7-9,13H,4-6H2,2H3,(H,18,19)/t13-/m0/s1. The van der Waals surface area contributed by atoms with Crippen molar-refractivity contribution < 1.29 is 23.1 Å². The van der Waals surface area contributed by atoms with Crippen molar-refractivity contribution in [2.24, 2.45) is 0 Å². The van der Waals surface area contributed by atoms with E-state index in [-0.39, 0.29) is 12.0 Å². The lowest BCUT2D eigenvalue weighted by Crippen LogP contribution is -2.41. The number of carbonyl (C=O) groups is 2. The molecule has 0 aliphatic heterocycles. The van der Waals surface area contributed by atoms with Gasteiger partial charge in [-0.15, -0.1) is 12.3 Å². The molecule has 0 bridgehead atoms. The third-order valence-corrected chi connectivity index (χ3v) is 2.78. The number of amides is 1. The summed E-state index contributed by atoms with van der Waals surface area (Å²) in [7, 11) is 1.18. The van der Waals surface area contributed by atoms with Crippen LogP contribution in [0.2, 0.25) is 0 Å². The van der Waals surface area contributed by atoms with E-state index in [2.05, 4.69) is 16.0 Å². The van der Waals surface area contributed by atoms with Crippen molar-refractivity contribution in [3.8, 4) is 12.3 Å². The molecule has 0 fully saturated rings. The zero-order valence-electron chi connectivity index (χ0n) is 11.5. The van der Waals surface area contributed by atoms with Crippen LogP contribution in [0, 0.1) is 24.0 Å². The normalized spacial score (nSPS) is 11.3. The third kappa shape index (κ3) is 4.88. The van der Waals surface area contributed by atoms with E-state index in [1.807, 2.05) is 0 Å². The van der Waals surface area contributed by atoms with Gasteiger partial charge in [-0.1, -0.05) is 0 Å². The Bertz CT molecular complexity index is 567. The summed E-state index contributed by atoms with van der Waals surface area (Å²) in [5.41, 5.74) is -0.345. The lowest BCUT2D eigenvalue weighted by atomic mass is 10.1. The number of esters is 1. The smallest absolute Gasteiger partial charge is 0.328 e. The van der Waals surface area contributed by atoms with E-state index >= 15 is 0 Å². The highest BCUT2D eigenvalue weighted by atomic mass is 19.1. The topological polar surface area (TPSA) is 55.4 Å². The van der Waals surface area contributed by atoms with Crippen LogP contribution < -0.4 is 5.32 Å². The van der Waals surface area contributed by atoms with E-state index in [9.17, 15) is 18.4 Å². The van der Waals surface area contributed by atoms with Gasteiger partial charge in [0.1, 0.15) is 17.7 Å². The molecule has 1 rings (SSSR count). The molecule has 1 amide bonds. The first kappa shape index (κ1) is 16.6. The summed E-state index contributed by atoms with van der Waals surface area (Å²) < 4.78 is 30.9. The highest BCUT2D eigenvalue weighted by Gasteiger charge is 2.23. The monoisotopic (exact) mass is 295 g/mol. The Hall–Kier alpha value is -2.42. The van der Waals surface area contributed by atoms with Crippen molar-refractivity contribution >= 4 is 11.9 Å². The number of methoxy groups -OCH3 is 1. The molecule has 0 aliphatic rings. The number of rotatable bonds is 6. The molecular weight excluding hydrogens is 280 g/mol. The molecule has 1 aromatic carbocycles. The summed E-state index contributed by atoms with van der Waals surface area (Å²) in [4.78, 5) is 23.5. The molecule has 112 valence electrons. The van der Waals surface area contributed by atoms with Gasteiger partial charge in [-0.3, -0.25) is 4.79 Å². The Labute approximate surface area is 121 Å². The van der Waals surface area contributed by atoms with E-state index in [0.717, 1.165) is 12.1 Å². The van der Waals surface area contributed by atoms with Crippen molar-refractivity contribution in [2.75, 3.05) is 7.11 Å². The van der Waals surface area contributed by atoms with Crippen LogP contribution in [-0.2, 0) is 9.53 Å². The molecule has 0 saturated carbocycles. The molecule has 1 aromatic rings. The number of carbonyl (C=O) groups excluding carboxylic acids is 2. The Kier molecular flexibility index (Phi) is 6.34. The summed E-state index contributed by atoms with van der Waals surface area (Å²) in [6, 6.07) is 1.64. The fourth-order valence-electron chi connectivity index (χ4n) is 1.71. The van der Waals surface area contributed by atoms with Gasteiger partial charge in [-0.25, -0.2) is 13.6 Å². The molecule has 6 heteroatoms. The van der Waals surface area contributed by atoms with Gasteiger partial charge in [-0.2, -0.15) is 0 Å². The van der Waals surface area contributed by atoms with E-state index in [0.29, 0.717) is 18.9 Å². The minimum atomic E-state index is -1.00. The van der Waals surface area contributed by atoms with Crippen molar-refractivity contribution in [3.05, 3.63) is 35.4 Å². The Balaban J connectivity index is 2.79. The van der Waals surface area contributed by atoms with Crippen molar-refractivity contribution in [1.82, 2.24) is 5.32 Å². The van der Waals surface area contributed by atoms with Crippen molar-refractivity contribution in [1.29, 1.82) is 0 Å². The second kappa shape index (κ2) is 8.00. The molecule has 21 heavy (non-hydrogen) atoms. The first-order chi connectivity index (χ1) is 9.99. The molecule has 1 atom stereocenters. The Morgan fingerprint density at radius 3 is 2.71 bits per heavy atom. The van der Waals surface area contributed by atoms with Gasteiger partial charge in [0.15, 0.2) is 0 Å². The average Bonchev–Trinajstić information content (AvgIpc) is 2.45. The molecule has 0 aromatic heterocycles. The molecular formula is C15H15F2NO3. The largest absolute Gasteiger partial charge is 0.467 e. The zero-order chi connectivity index (χ0) is 15.8. The molecule has 0 unspecified atom stereocenters. The lowest BCUT2D eigenvalue weighted by molar-refractivity contribution is -0.143. The number of nitrogens with one attached hydrogen (secondary N) is 1. The second-order valence-electron chi connectivity index (χ2n) is 4.27. The Morgan fingerprint density at radius 1 is 1.43 bits per heavy atom. The number of hydrogen-bond donors (Lipinski definition) is 1. The van der Waals surface area contributed by atoms with Gasteiger partial charge in [-0.05, 0) is 25.0 Å². The van der Waals surface area contributed by atoms with Crippen molar-refractivity contribution in [3.63, 3.8) is 0 Å². The zero-order valence-corrected chi connectivity index (χ0v) is 11.5. The van der Waals surface area contributed by atoms with Crippen LogP contribution in [-0.4, -0.2) is 25.0 Å². The van der Waals surface area contributed by atoms with Crippen LogP contribution in [0.1, 0.15) is 29.6 Å². The maximum absolute atomic E-state index is 13.5. The summed E-state index contributed by atoms with van der Waals surface area (Å²) in [5.74, 6) is -0.842. The van der Waals surface area contributed by atoms with Crippen LogP contribution in [0.25, 0.3) is 0 Å². The number of unbranched alkanes of at least 4 members (excludes halogenated alkanes) is 1. The molecule has 0 saturated heterocycles. The number of halogens is 2. The van der Waals surface area contributed by atoms with E-state index in [4.69, 9.17) is 6.42 Å². The van der Waals surface area contributed by atoms with Gasteiger partial charge < -0.3 is 10.1 Å². The van der Waals surface area contributed by atoms with Gasteiger partial charge >= 0.3 is 5.97 Å². The number of hydrogen-bond acceptors (Lipinski definition) is 3. The first-order valence-corrected chi connectivity index (χ1v) is 6.26. The summed E-state index contributed by atoms with van der Waals surface area (Å²) in [5, 5.41) is 2.36. The molecule has 0 aliphatic carbocycles. The van der Waals surface area contributed by atoms with Crippen LogP contribution in [0.3, 0.4) is 0 Å². The Morgan fingerprint density at radius 2 is 2.14 bits per heavy atom. The number of ether oxygens (including phenoxy) is 1. The molecule has 0 spiro atoms. The third-order valence-electron chi connectivity index (χ3n) is 2.78. The average molecular weight is 295 g/mol. The van der Waals surface area contributed by atoms with Gasteiger partial charge in [0.2, 0.25) is 0 Å². The highest BCUT2D eigenvalue weighted by molar-refractivity contribution is 5.96. The lowest BCUT2D eigenvalue weighted by Gasteiger charge is -2.16. The van der Waals surface area contributed by atoms with Crippen LogP contribution >= 0.6 is 0 Å².